The predicted molar refractivity (Wildman–Crippen MR) is 86.0 cm³/mol. The van der Waals surface area contributed by atoms with Crippen LogP contribution in [0.25, 0.3) is 5.57 Å². The summed E-state index contributed by atoms with van der Waals surface area (Å²) in [4.78, 5) is 11.3. The normalized spacial score (nSPS) is 11.9. The van der Waals surface area contributed by atoms with Crippen molar-refractivity contribution in [2.24, 2.45) is 0 Å². The highest BCUT2D eigenvalue weighted by Gasteiger charge is 2.16. The molecule has 3 nitrogen and oxygen atoms in total. The number of methoxy groups -OCH3 is 1. The van der Waals surface area contributed by atoms with Crippen molar-refractivity contribution in [2.45, 2.75) is 51.9 Å². The molecule has 0 aliphatic carbocycles. The van der Waals surface area contributed by atoms with Crippen LogP contribution in [0.1, 0.15) is 57.4 Å². The highest BCUT2D eigenvalue weighted by atomic mass is 16.5. The average molecular weight is 290 g/mol. The molecule has 0 aromatic heterocycles. The maximum atomic E-state index is 11.3. The van der Waals surface area contributed by atoms with Crippen molar-refractivity contribution >= 4 is 11.5 Å². The van der Waals surface area contributed by atoms with Gasteiger partial charge >= 0.3 is 5.97 Å². The molecule has 1 aromatic carbocycles. The zero-order chi connectivity index (χ0) is 15.5. The number of aliphatic carboxylic acids is 1. The van der Waals surface area contributed by atoms with Gasteiger partial charge in [0.2, 0.25) is 5.76 Å². The lowest BCUT2D eigenvalue weighted by molar-refractivity contribution is -0.135. The van der Waals surface area contributed by atoms with Crippen LogP contribution in [0, 0.1) is 0 Å². The molecule has 0 aliphatic rings. The molecule has 0 fully saturated rings. The third-order valence-corrected chi connectivity index (χ3v) is 3.58. The van der Waals surface area contributed by atoms with Gasteiger partial charge in [-0.1, -0.05) is 69.4 Å². The summed E-state index contributed by atoms with van der Waals surface area (Å²) in [5.74, 6) is -0.933. The van der Waals surface area contributed by atoms with Crippen molar-refractivity contribution < 1.29 is 14.6 Å². The number of allylic oxidation sites excluding steroid dienone is 1. The Balaban J connectivity index is 2.73. The van der Waals surface area contributed by atoms with Gasteiger partial charge in [-0.05, 0) is 18.4 Å². The summed E-state index contributed by atoms with van der Waals surface area (Å²) in [5.41, 5.74) is 1.73. The third kappa shape index (κ3) is 6.03. The first-order chi connectivity index (χ1) is 10.2. The molecule has 0 spiro atoms. The molecule has 0 bridgehead atoms. The lowest BCUT2D eigenvalue weighted by Crippen LogP contribution is -2.06. The predicted octanol–water partition coefficient (Wildman–Crippen LogP) is 4.88. The van der Waals surface area contributed by atoms with Crippen molar-refractivity contribution in [3.8, 4) is 0 Å². The van der Waals surface area contributed by atoms with Crippen LogP contribution >= 0.6 is 0 Å². The van der Waals surface area contributed by atoms with E-state index in [0.29, 0.717) is 0 Å². The van der Waals surface area contributed by atoms with Crippen molar-refractivity contribution in [1.82, 2.24) is 0 Å². The van der Waals surface area contributed by atoms with Gasteiger partial charge in [0.15, 0.2) is 0 Å². The van der Waals surface area contributed by atoms with Crippen LogP contribution in [0.3, 0.4) is 0 Å². The fraction of sp³-hybridized carbons (Fsp3) is 0.500. The molecule has 3 heteroatoms. The summed E-state index contributed by atoms with van der Waals surface area (Å²) in [6, 6.07) is 9.65. The lowest BCUT2D eigenvalue weighted by atomic mass is 9.97. The molecule has 0 radical (unpaired) electrons. The van der Waals surface area contributed by atoms with E-state index in [1.165, 1.54) is 32.8 Å². The van der Waals surface area contributed by atoms with E-state index in [1.807, 2.05) is 30.3 Å². The third-order valence-electron chi connectivity index (χ3n) is 3.58. The Morgan fingerprint density at radius 3 is 2.24 bits per heavy atom. The van der Waals surface area contributed by atoms with Gasteiger partial charge in [-0.3, -0.25) is 0 Å². The fourth-order valence-electron chi connectivity index (χ4n) is 2.45. The van der Waals surface area contributed by atoms with Gasteiger partial charge < -0.3 is 9.84 Å². The van der Waals surface area contributed by atoms with Gasteiger partial charge in [-0.25, -0.2) is 4.79 Å². The van der Waals surface area contributed by atoms with Gasteiger partial charge in [0.1, 0.15) is 0 Å². The number of ether oxygens (including phenoxy) is 1. The molecule has 0 atom stereocenters. The van der Waals surface area contributed by atoms with Crippen molar-refractivity contribution in [1.29, 1.82) is 0 Å². The van der Waals surface area contributed by atoms with E-state index < -0.39 is 5.97 Å². The molecular formula is C18H26O3. The average Bonchev–Trinajstić information content (AvgIpc) is 2.50. The molecule has 0 unspecified atom stereocenters. The summed E-state index contributed by atoms with van der Waals surface area (Å²) in [6.45, 7) is 2.20. The molecule has 0 heterocycles. The van der Waals surface area contributed by atoms with Gasteiger partial charge in [-0.15, -0.1) is 0 Å². The first-order valence-corrected chi connectivity index (χ1v) is 7.76. The van der Waals surface area contributed by atoms with Crippen LogP contribution in [0.4, 0.5) is 0 Å². The van der Waals surface area contributed by atoms with Crippen molar-refractivity contribution in [3.63, 3.8) is 0 Å². The largest absolute Gasteiger partial charge is 0.490 e. The Kier molecular flexibility index (Phi) is 8.25. The summed E-state index contributed by atoms with van der Waals surface area (Å²) in [5, 5.41) is 9.29. The highest BCUT2D eigenvalue weighted by Crippen LogP contribution is 2.26. The van der Waals surface area contributed by atoms with Gasteiger partial charge in [0.25, 0.3) is 0 Å². The smallest absolute Gasteiger partial charge is 0.371 e. The minimum Gasteiger partial charge on any atom is -0.490 e. The van der Waals surface area contributed by atoms with E-state index in [2.05, 4.69) is 6.92 Å². The number of hydrogen-bond acceptors (Lipinski definition) is 2. The van der Waals surface area contributed by atoms with Crippen molar-refractivity contribution in [2.75, 3.05) is 7.11 Å². The molecule has 21 heavy (non-hydrogen) atoms. The van der Waals surface area contributed by atoms with E-state index in [4.69, 9.17) is 4.74 Å². The maximum Gasteiger partial charge on any atom is 0.371 e. The fourth-order valence-corrected chi connectivity index (χ4v) is 2.45. The first kappa shape index (κ1) is 17.3. The molecule has 0 saturated carbocycles. The van der Waals surface area contributed by atoms with E-state index >= 15 is 0 Å². The lowest BCUT2D eigenvalue weighted by Gasteiger charge is -2.12. The zero-order valence-electron chi connectivity index (χ0n) is 13.1. The van der Waals surface area contributed by atoms with E-state index in [0.717, 1.165) is 30.4 Å². The topological polar surface area (TPSA) is 46.5 Å². The molecule has 1 aromatic rings. The summed E-state index contributed by atoms with van der Waals surface area (Å²) in [6.07, 6.45) is 7.86. The SMILES string of the molecule is CCCCCCCCC(=C(OC)C(=O)O)c1ccccc1. The molecule has 0 saturated heterocycles. The van der Waals surface area contributed by atoms with Gasteiger partial charge in [-0.2, -0.15) is 0 Å². The minimum atomic E-state index is -0.998. The quantitative estimate of drug-likeness (QED) is 0.379. The van der Waals surface area contributed by atoms with Gasteiger partial charge in [0, 0.05) is 5.57 Å². The minimum absolute atomic E-state index is 0.0646. The first-order valence-electron chi connectivity index (χ1n) is 7.76. The number of benzene rings is 1. The molecule has 1 N–H and O–H groups in total. The van der Waals surface area contributed by atoms with Crippen LogP contribution < -0.4 is 0 Å². The van der Waals surface area contributed by atoms with Crippen LogP contribution in [0.2, 0.25) is 0 Å². The maximum absolute atomic E-state index is 11.3. The van der Waals surface area contributed by atoms with Crippen LogP contribution in [-0.4, -0.2) is 18.2 Å². The summed E-state index contributed by atoms with van der Waals surface area (Å²) < 4.78 is 5.10. The Hall–Kier alpha value is -1.77. The number of carboxylic acids is 1. The number of hydrogen-bond donors (Lipinski definition) is 1. The molecular weight excluding hydrogens is 264 g/mol. The Morgan fingerprint density at radius 1 is 1.05 bits per heavy atom. The number of carboxylic acid groups (broad SMARTS) is 1. The summed E-state index contributed by atoms with van der Waals surface area (Å²) >= 11 is 0. The molecule has 116 valence electrons. The zero-order valence-corrected chi connectivity index (χ0v) is 13.1. The highest BCUT2D eigenvalue weighted by molar-refractivity contribution is 5.94. The van der Waals surface area contributed by atoms with Gasteiger partial charge in [0.05, 0.1) is 7.11 Å². The Labute approximate surface area is 127 Å². The number of carbonyl (C=O) groups is 1. The molecule has 0 amide bonds. The van der Waals surface area contributed by atoms with E-state index in [-0.39, 0.29) is 5.76 Å². The molecule has 1 rings (SSSR count). The van der Waals surface area contributed by atoms with Crippen molar-refractivity contribution in [3.05, 3.63) is 41.7 Å². The standard InChI is InChI=1S/C18H26O3/c1-3-4-5-6-7-11-14-16(17(21-2)18(19)20)15-12-9-8-10-13-15/h8-10,12-13H,3-7,11,14H2,1-2H3,(H,19,20). The number of unbranched alkanes of at least 4 members (excludes halogenated alkanes) is 5. The van der Waals surface area contributed by atoms with Crippen LogP contribution in [0.15, 0.2) is 36.1 Å². The van der Waals surface area contributed by atoms with E-state index in [1.54, 1.807) is 0 Å². The second-order valence-electron chi connectivity index (χ2n) is 5.20. The van der Waals surface area contributed by atoms with Crippen LogP contribution in [0.5, 0.6) is 0 Å². The van der Waals surface area contributed by atoms with E-state index in [9.17, 15) is 9.90 Å². The molecule has 0 aliphatic heterocycles. The number of rotatable bonds is 10. The monoisotopic (exact) mass is 290 g/mol. The Morgan fingerprint density at radius 2 is 1.67 bits per heavy atom. The second-order valence-corrected chi connectivity index (χ2v) is 5.20. The van der Waals surface area contributed by atoms with Crippen LogP contribution in [-0.2, 0) is 9.53 Å². The summed E-state index contributed by atoms with van der Waals surface area (Å²) in [7, 11) is 1.42. The Bertz CT molecular complexity index is 449. The second kappa shape index (κ2) is 10.0.